The summed E-state index contributed by atoms with van der Waals surface area (Å²) in [6.45, 7) is 2.36. The van der Waals surface area contributed by atoms with Crippen molar-refractivity contribution in [3.05, 3.63) is 35.5 Å². The van der Waals surface area contributed by atoms with Crippen LogP contribution in [0.2, 0.25) is 5.15 Å². The van der Waals surface area contributed by atoms with Gasteiger partial charge in [-0.2, -0.15) is 4.31 Å². The Hall–Kier alpha value is -1.61. The molecule has 0 unspecified atom stereocenters. The van der Waals surface area contributed by atoms with Crippen LogP contribution in [0.1, 0.15) is 13.3 Å². The van der Waals surface area contributed by atoms with Gasteiger partial charge in [0.25, 0.3) is 0 Å². The Balaban J connectivity index is 2.48. The number of hydrogen-bond acceptors (Lipinski definition) is 3. The van der Waals surface area contributed by atoms with Gasteiger partial charge in [-0.3, -0.25) is 0 Å². The molecule has 1 aromatic heterocycles. The van der Waals surface area contributed by atoms with Crippen molar-refractivity contribution in [3.8, 4) is 12.3 Å². The first-order valence-electron chi connectivity index (χ1n) is 6.49. The molecule has 1 heterocycles. The van der Waals surface area contributed by atoms with E-state index in [1.54, 1.807) is 24.3 Å². The maximum absolute atomic E-state index is 12.6. The van der Waals surface area contributed by atoms with Gasteiger partial charge < -0.3 is 0 Å². The van der Waals surface area contributed by atoms with Gasteiger partial charge >= 0.3 is 0 Å². The van der Waals surface area contributed by atoms with E-state index in [9.17, 15) is 8.42 Å². The summed E-state index contributed by atoms with van der Waals surface area (Å²) >= 11 is 5.82. The second-order valence-electron chi connectivity index (χ2n) is 4.53. The van der Waals surface area contributed by atoms with Crippen molar-refractivity contribution in [1.82, 2.24) is 9.29 Å². The summed E-state index contributed by atoms with van der Waals surface area (Å²) in [5, 5.41) is 1.09. The zero-order valence-corrected chi connectivity index (χ0v) is 13.2. The Kier molecular flexibility index (Phi) is 4.84. The number of halogens is 1. The average molecular weight is 323 g/mol. The fourth-order valence-electron chi connectivity index (χ4n) is 2.02. The third kappa shape index (κ3) is 3.35. The minimum atomic E-state index is -3.60. The third-order valence-electron chi connectivity index (χ3n) is 3.01. The molecule has 0 saturated carbocycles. The Bertz CT molecular complexity index is 797. The van der Waals surface area contributed by atoms with E-state index in [-0.39, 0.29) is 11.4 Å². The lowest BCUT2D eigenvalue weighted by Gasteiger charge is -2.19. The number of nitrogens with zero attached hydrogens (tertiary/aromatic N) is 2. The van der Waals surface area contributed by atoms with E-state index in [2.05, 4.69) is 10.9 Å². The molecule has 0 radical (unpaired) electrons. The minimum Gasteiger partial charge on any atom is -0.236 e. The molecule has 2 aromatic rings. The van der Waals surface area contributed by atoms with Crippen LogP contribution < -0.4 is 0 Å². The van der Waals surface area contributed by atoms with Gasteiger partial charge in [-0.1, -0.05) is 24.4 Å². The highest BCUT2D eigenvalue weighted by Crippen LogP contribution is 2.22. The number of hydrogen-bond donors (Lipinski definition) is 0. The molecule has 6 heteroatoms. The van der Waals surface area contributed by atoms with Crippen molar-refractivity contribution in [2.75, 3.05) is 13.1 Å². The molecule has 110 valence electrons. The standard InChI is InChI=1S/C15H15ClN2O2S/c1-3-9-18(10-4-2)21(19,20)13-6-7-14-12(11-13)5-8-15(16)17-14/h1,5-8,11H,4,9-10H2,2H3. The molecule has 0 bridgehead atoms. The summed E-state index contributed by atoms with van der Waals surface area (Å²) in [5.74, 6) is 2.39. The number of benzene rings is 1. The zero-order chi connectivity index (χ0) is 15.5. The van der Waals surface area contributed by atoms with E-state index < -0.39 is 10.0 Å². The lowest BCUT2D eigenvalue weighted by Crippen LogP contribution is -2.32. The SMILES string of the molecule is C#CCN(CCC)S(=O)(=O)c1ccc2nc(Cl)ccc2c1. The van der Waals surface area contributed by atoms with Crippen molar-refractivity contribution in [1.29, 1.82) is 0 Å². The van der Waals surface area contributed by atoms with Gasteiger partial charge in [0.05, 0.1) is 17.0 Å². The highest BCUT2D eigenvalue weighted by molar-refractivity contribution is 7.89. The smallest absolute Gasteiger partial charge is 0.236 e. The fraction of sp³-hybridized carbons (Fsp3) is 0.267. The summed E-state index contributed by atoms with van der Waals surface area (Å²) in [6, 6.07) is 8.14. The topological polar surface area (TPSA) is 50.3 Å². The largest absolute Gasteiger partial charge is 0.243 e. The normalized spacial score (nSPS) is 11.7. The predicted molar refractivity (Wildman–Crippen MR) is 84.6 cm³/mol. The summed E-state index contributed by atoms with van der Waals surface area (Å²) in [5.41, 5.74) is 0.653. The van der Waals surface area contributed by atoms with E-state index >= 15 is 0 Å². The van der Waals surface area contributed by atoms with Crippen LogP contribution in [-0.4, -0.2) is 30.8 Å². The average Bonchev–Trinajstić information content (AvgIpc) is 2.46. The fourth-order valence-corrected chi connectivity index (χ4v) is 3.66. The van der Waals surface area contributed by atoms with Gasteiger partial charge in [-0.05, 0) is 36.8 Å². The van der Waals surface area contributed by atoms with Crippen LogP contribution in [0.5, 0.6) is 0 Å². The Morgan fingerprint density at radius 2 is 2.10 bits per heavy atom. The molecule has 4 nitrogen and oxygen atoms in total. The molecular weight excluding hydrogens is 308 g/mol. The third-order valence-corrected chi connectivity index (χ3v) is 5.06. The summed E-state index contributed by atoms with van der Waals surface area (Å²) in [7, 11) is -3.60. The number of sulfonamides is 1. The first kappa shape index (κ1) is 15.8. The molecule has 21 heavy (non-hydrogen) atoms. The molecule has 2 rings (SSSR count). The lowest BCUT2D eigenvalue weighted by atomic mass is 10.2. The number of aromatic nitrogens is 1. The lowest BCUT2D eigenvalue weighted by molar-refractivity contribution is 0.446. The van der Waals surface area contributed by atoms with E-state index in [4.69, 9.17) is 18.0 Å². The van der Waals surface area contributed by atoms with Crippen LogP contribution in [0.15, 0.2) is 35.2 Å². The van der Waals surface area contributed by atoms with Crippen molar-refractivity contribution in [2.24, 2.45) is 0 Å². The van der Waals surface area contributed by atoms with Crippen molar-refractivity contribution >= 4 is 32.5 Å². The van der Waals surface area contributed by atoms with Crippen LogP contribution >= 0.6 is 11.6 Å². The van der Waals surface area contributed by atoms with E-state index in [1.165, 1.54) is 10.4 Å². The number of rotatable bonds is 5. The van der Waals surface area contributed by atoms with Gasteiger partial charge in [0.1, 0.15) is 5.15 Å². The van der Waals surface area contributed by atoms with Crippen molar-refractivity contribution < 1.29 is 8.42 Å². The molecule has 1 aromatic carbocycles. The van der Waals surface area contributed by atoms with Crippen molar-refractivity contribution in [3.63, 3.8) is 0 Å². The van der Waals surface area contributed by atoms with E-state index in [0.29, 0.717) is 23.6 Å². The van der Waals surface area contributed by atoms with Crippen LogP contribution in [0.4, 0.5) is 0 Å². The molecule has 0 N–H and O–H groups in total. The molecule has 0 saturated heterocycles. The quantitative estimate of drug-likeness (QED) is 0.628. The highest BCUT2D eigenvalue weighted by Gasteiger charge is 2.23. The van der Waals surface area contributed by atoms with E-state index in [0.717, 1.165) is 5.39 Å². The predicted octanol–water partition coefficient (Wildman–Crippen LogP) is 2.92. The maximum Gasteiger partial charge on any atom is 0.243 e. The Morgan fingerprint density at radius 3 is 2.76 bits per heavy atom. The van der Waals surface area contributed by atoms with Gasteiger partial charge in [0.2, 0.25) is 10.0 Å². The van der Waals surface area contributed by atoms with Crippen molar-refractivity contribution in [2.45, 2.75) is 18.2 Å². The summed E-state index contributed by atoms with van der Waals surface area (Å²) in [4.78, 5) is 4.35. The van der Waals surface area contributed by atoms with Gasteiger partial charge in [0.15, 0.2) is 0 Å². The molecule has 0 fully saturated rings. The van der Waals surface area contributed by atoms with E-state index in [1.807, 2.05) is 6.92 Å². The molecule has 0 aliphatic rings. The first-order chi connectivity index (χ1) is 9.98. The van der Waals surface area contributed by atoms with Crippen LogP contribution in [0, 0.1) is 12.3 Å². The second-order valence-corrected chi connectivity index (χ2v) is 6.86. The number of pyridine rings is 1. The monoisotopic (exact) mass is 322 g/mol. The molecular formula is C15H15ClN2O2S. The second kappa shape index (κ2) is 6.44. The zero-order valence-electron chi connectivity index (χ0n) is 11.6. The molecule has 0 spiro atoms. The molecule has 0 aliphatic heterocycles. The molecule has 0 aliphatic carbocycles. The highest BCUT2D eigenvalue weighted by atomic mass is 35.5. The Labute approximate surface area is 129 Å². The van der Waals surface area contributed by atoms with Crippen LogP contribution in [0.3, 0.4) is 0 Å². The molecule has 0 atom stereocenters. The van der Waals surface area contributed by atoms with Gasteiger partial charge in [-0.25, -0.2) is 13.4 Å². The number of terminal acetylenes is 1. The Morgan fingerprint density at radius 1 is 1.33 bits per heavy atom. The van der Waals surface area contributed by atoms with Crippen LogP contribution in [-0.2, 0) is 10.0 Å². The number of fused-ring (bicyclic) bond motifs is 1. The minimum absolute atomic E-state index is 0.0626. The van der Waals surface area contributed by atoms with Gasteiger partial charge in [-0.15, -0.1) is 6.42 Å². The maximum atomic E-state index is 12.6. The van der Waals surface area contributed by atoms with Gasteiger partial charge in [0, 0.05) is 11.9 Å². The summed E-state index contributed by atoms with van der Waals surface area (Å²) in [6.07, 6.45) is 5.96. The van der Waals surface area contributed by atoms with Crippen LogP contribution in [0.25, 0.3) is 10.9 Å². The summed E-state index contributed by atoms with van der Waals surface area (Å²) < 4.78 is 26.5. The first-order valence-corrected chi connectivity index (χ1v) is 8.30. The molecule has 0 amide bonds.